The molecule has 6 nitrogen and oxygen atoms in total. The summed E-state index contributed by atoms with van der Waals surface area (Å²) >= 11 is 0. The van der Waals surface area contributed by atoms with Crippen molar-refractivity contribution in [3.05, 3.63) is 59.2 Å². The number of hydrogen-bond donors (Lipinski definition) is 0. The highest BCUT2D eigenvalue weighted by Crippen LogP contribution is 2.42. The van der Waals surface area contributed by atoms with Crippen LogP contribution in [0.25, 0.3) is 22.2 Å². The second-order valence-corrected chi connectivity index (χ2v) is 7.57. The molecule has 0 spiro atoms. The van der Waals surface area contributed by atoms with E-state index in [1.54, 1.807) is 7.11 Å². The Kier molecular flexibility index (Phi) is 4.94. The number of rotatable bonds is 4. The number of benzene rings is 2. The fourth-order valence-electron chi connectivity index (χ4n) is 4.32. The van der Waals surface area contributed by atoms with Crippen LogP contribution in [0.2, 0.25) is 0 Å². The maximum Gasteiger partial charge on any atom is 0.323 e. The summed E-state index contributed by atoms with van der Waals surface area (Å²) in [5.41, 5.74) is 3.92. The number of pyridine rings is 1. The predicted octanol–water partition coefficient (Wildman–Crippen LogP) is 3.65. The lowest BCUT2D eigenvalue weighted by atomic mass is 9.70. The normalized spacial score (nSPS) is 14.3. The maximum atomic E-state index is 12.8. The first-order valence-corrected chi connectivity index (χ1v) is 9.67. The van der Waals surface area contributed by atoms with E-state index in [9.17, 15) is 9.59 Å². The summed E-state index contributed by atoms with van der Waals surface area (Å²) in [6, 6.07) is 13.5. The number of hydrogen-bond acceptors (Lipinski definition) is 6. The zero-order valence-corrected chi connectivity index (χ0v) is 17.4. The van der Waals surface area contributed by atoms with Gasteiger partial charge in [-0.3, -0.25) is 9.59 Å². The average molecular weight is 405 g/mol. The Morgan fingerprint density at radius 3 is 2.20 bits per heavy atom. The number of ether oxygens (including phenoxy) is 3. The number of carbonyl (C=O) groups is 2. The molecular formula is C24H23NO5. The van der Waals surface area contributed by atoms with Crippen molar-refractivity contribution in [2.24, 2.45) is 5.41 Å². The van der Waals surface area contributed by atoms with Crippen LogP contribution in [0.4, 0.5) is 0 Å². The van der Waals surface area contributed by atoms with Gasteiger partial charge in [0, 0.05) is 23.8 Å². The van der Waals surface area contributed by atoms with Crippen LogP contribution in [0, 0.1) is 12.3 Å². The van der Waals surface area contributed by atoms with Gasteiger partial charge in [0.15, 0.2) is 5.41 Å². The van der Waals surface area contributed by atoms with Crippen molar-refractivity contribution in [2.75, 3.05) is 21.3 Å². The first-order valence-electron chi connectivity index (χ1n) is 9.67. The summed E-state index contributed by atoms with van der Waals surface area (Å²) in [6.07, 6.45) is 0.428. The molecule has 0 aliphatic heterocycles. The zero-order valence-electron chi connectivity index (χ0n) is 17.4. The molecule has 0 fully saturated rings. The number of nitrogens with zero attached hydrogens (tertiary/aromatic N) is 1. The molecule has 0 radical (unpaired) electrons. The van der Waals surface area contributed by atoms with E-state index in [-0.39, 0.29) is 12.8 Å². The van der Waals surface area contributed by atoms with E-state index in [1.165, 1.54) is 14.2 Å². The molecule has 0 saturated carbocycles. The Bertz CT molecular complexity index is 1130. The predicted molar refractivity (Wildman–Crippen MR) is 112 cm³/mol. The van der Waals surface area contributed by atoms with Gasteiger partial charge in [0.2, 0.25) is 0 Å². The van der Waals surface area contributed by atoms with E-state index in [4.69, 9.17) is 19.2 Å². The average Bonchev–Trinajstić information content (AvgIpc) is 2.79. The van der Waals surface area contributed by atoms with Crippen molar-refractivity contribution in [1.29, 1.82) is 0 Å². The molecule has 6 heteroatoms. The minimum atomic E-state index is -1.41. The highest BCUT2D eigenvalue weighted by molar-refractivity contribution is 6.04. The van der Waals surface area contributed by atoms with E-state index in [2.05, 4.69) is 0 Å². The summed E-state index contributed by atoms with van der Waals surface area (Å²) in [5, 5.41) is 0.996. The highest BCUT2D eigenvalue weighted by atomic mass is 16.5. The number of esters is 2. The van der Waals surface area contributed by atoms with E-state index >= 15 is 0 Å². The van der Waals surface area contributed by atoms with Crippen LogP contribution in [0.3, 0.4) is 0 Å². The first-order chi connectivity index (χ1) is 14.4. The molecule has 2 aromatic carbocycles. The van der Waals surface area contributed by atoms with Crippen molar-refractivity contribution in [3.63, 3.8) is 0 Å². The first kappa shape index (κ1) is 19.9. The molecule has 0 saturated heterocycles. The molecule has 0 bridgehead atoms. The van der Waals surface area contributed by atoms with Crippen LogP contribution in [0.5, 0.6) is 5.75 Å². The van der Waals surface area contributed by atoms with Gasteiger partial charge in [0.25, 0.3) is 0 Å². The maximum absolute atomic E-state index is 12.8. The zero-order chi connectivity index (χ0) is 21.5. The highest BCUT2D eigenvalue weighted by Gasteiger charge is 2.51. The van der Waals surface area contributed by atoms with E-state index < -0.39 is 17.4 Å². The monoisotopic (exact) mass is 405 g/mol. The molecule has 1 heterocycles. The standard InChI is InChI=1S/C24H23NO5/c1-14-5-10-19-21-16(11-20(25-19)15-6-8-17(28-2)9-7-15)12-24(13-18(14)21,22(26)29-3)23(27)30-4/h5-11H,12-13H2,1-4H3. The Hall–Kier alpha value is -3.41. The fourth-order valence-corrected chi connectivity index (χ4v) is 4.32. The molecule has 0 amide bonds. The summed E-state index contributed by atoms with van der Waals surface area (Å²) in [4.78, 5) is 30.5. The smallest absolute Gasteiger partial charge is 0.323 e. The summed E-state index contributed by atoms with van der Waals surface area (Å²) in [5.74, 6) is -0.410. The number of methoxy groups -OCH3 is 3. The van der Waals surface area contributed by atoms with Crippen LogP contribution >= 0.6 is 0 Å². The van der Waals surface area contributed by atoms with Crippen molar-refractivity contribution in [2.45, 2.75) is 19.8 Å². The molecule has 3 aromatic rings. The number of aryl methyl sites for hydroxylation is 1. The van der Waals surface area contributed by atoms with Crippen LogP contribution < -0.4 is 4.74 Å². The number of aromatic nitrogens is 1. The minimum absolute atomic E-state index is 0.199. The molecule has 0 N–H and O–H groups in total. The largest absolute Gasteiger partial charge is 0.497 e. The lowest BCUT2D eigenvalue weighted by molar-refractivity contribution is -0.169. The lowest BCUT2D eigenvalue weighted by Gasteiger charge is -2.34. The van der Waals surface area contributed by atoms with E-state index in [1.807, 2.05) is 49.4 Å². The SMILES string of the molecule is COC(=O)C1(C(=O)OC)Cc2cc(-c3ccc(OC)cc3)nc3ccc(C)c(c23)C1. The summed E-state index contributed by atoms with van der Waals surface area (Å²) < 4.78 is 15.3. The summed E-state index contributed by atoms with van der Waals surface area (Å²) in [6.45, 7) is 1.97. The fraction of sp³-hybridized carbons (Fsp3) is 0.292. The number of carbonyl (C=O) groups excluding carboxylic acids is 2. The second kappa shape index (κ2) is 7.44. The molecule has 0 unspecified atom stereocenters. The van der Waals surface area contributed by atoms with Crippen LogP contribution in [0.15, 0.2) is 42.5 Å². The quantitative estimate of drug-likeness (QED) is 0.487. The van der Waals surface area contributed by atoms with Gasteiger partial charge in [0.05, 0.1) is 32.5 Å². The Morgan fingerprint density at radius 1 is 0.933 bits per heavy atom. The lowest BCUT2D eigenvalue weighted by Crippen LogP contribution is -2.46. The van der Waals surface area contributed by atoms with Crippen molar-refractivity contribution >= 4 is 22.8 Å². The van der Waals surface area contributed by atoms with Crippen molar-refractivity contribution in [3.8, 4) is 17.0 Å². The Morgan fingerprint density at radius 2 is 1.60 bits per heavy atom. The van der Waals surface area contributed by atoms with Gasteiger partial charge in [-0.15, -0.1) is 0 Å². The van der Waals surface area contributed by atoms with E-state index in [0.717, 1.165) is 44.6 Å². The molecule has 0 atom stereocenters. The topological polar surface area (TPSA) is 74.7 Å². The molecular weight excluding hydrogens is 382 g/mol. The van der Waals surface area contributed by atoms with Crippen molar-refractivity contribution < 1.29 is 23.8 Å². The van der Waals surface area contributed by atoms with Gasteiger partial charge in [-0.25, -0.2) is 4.98 Å². The van der Waals surface area contributed by atoms with Gasteiger partial charge < -0.3 is 14.2 Å². The van der Waals surface area contributed by atoms with E-state index in [0.29, 0.717) is 0 Å². The van der Waals surface area contributed by atoms with Crippen LogP contribution in [-0.2, 0) is 31.9 Å². The molecule has 154 valence electrons. The third kappa shape index (κ3) is 3.00. The summed E-state index contributed by atoms with van der Waals surface area (Å²) in [7, 11) is 4.22. The second-order valence-electron chi connectivity index (χ2n) is 7.57. The van der Waals surface area contributed by atoms with Crippen LogP contribution in [-0.4, -0.2) is 38.3 Å². The van der Waals surface area contributed by atoms with Gasteiger partial charge in [-0.05, 0) is 60.0 Å². The Balaban J connectivity index is 1.94. The van der Waals surface area contributed by atoms with Crippen molar-refractivity contribution in [1.82, 2.24) is 4.98 Å². The molecule has 1 aliphatic rings. The molecule has 4 rings (SSSR count). The molecule has 1 aliphatic carbocycles. The van der Waals surface area contributed by atoms with Gasteiger partial charge in [-0.2, -0.15) is 0 Å². The molecule has 30 heavy (non-hydrogen) atoms. The van der Waals surface area contributed by atoms with Gasteiger partial charge in [-0.1, -0.05) is 6.07 Å². The van der Waals surface area contributed by atoms with Gasteiger partial charge >= 0.3 is 11.9 Å². The minimum Gasteiger partial charge on any atom is -0.497 e. The Labute approximate surface area is 174 Å². The third-order valence-corrected chi connectivity index (χ3v) is 5.91. The molecule has 1 aromatic heterocycles. The van der Waals surface area contributed by atoms with Crippen LogP contribution in [0.1, 0.15) is 16.7 Å². The van der Waals surface area contributed by atoms with Gasteiger partial charge in [0.1, 0.15) is 5.75 Å². The third-order valence-electron chi connectivity index (χ3n) is 5.91.